The van der Waals surface area contributed by atoms with Crippen LogP contribution in [0.3, 0.4) is 0 Å². The second-order valence-corrected chi connectivity index (χ2v) is 7.89. The number of ether oxygens (including phenoxy) is 1. The molecule has 1 aromatic heterocycles. The van der Waals surface area contributed by atoms with Crippen LogP contribution in [0.1, 0.15) is 43.2 Å². The number of fused-ring (bicyclic) bond motifs is 4. The van der Waals surface area contributed by atoms with Gasteiger partial charge in [-0.25, -0.2) is 0 Å². The van der Waals surface area contributed by atoms with Crippen molar-refractivity contribution in [2.24, 2.45) is 11.8 Å². The van der Waals surface area contributed by atoms with Crippen LogP contribution in [0.5, 0.6) is 5.75 Å². The maximum atomic E-state index is 11.4. The maximum absolute atomic E-state index is 11.4. The van der Waals surface area contributed by atoms with Gasteiger partial charge in [0.1, 0.15) is 5.75 Å². The fraction of sp³-hybridized carbons (Fsp3) is 0.500. The van der Waals surface area contributed by atoms with E-state index in [4.69, 9.17) is 4.74 Å². The van der Waals surface area contributed by atoms with Crippen molar-refractivity contribution in [3.05, 3.63) is 48.2 Å². The number of aliphatic hydroxyl groups excluding tert-OH is 2. The number of hydrogen-bond donors (Lipinski definition) is 2. The lowest BCUT2D eigenvalue weighted by Crippen LogP contribution is -2.54. The molecule has 144 valence electrons. The van der Waals surface area contributed by atoms with Crippen molar-refractivity contribution in [1.82, 2.24) is 9.88 Å². The first-order chi connectivity index (χ1) is 13.0. The van der Waals surface area contributed by atoms with E-state index in [2.05, 4.69) is 22.5 Å². The molecule has 0 saturated carbocycles. The molecule has 2 aromatic rings. The standard InChI is InChI=1S/C22H28N2O3/c1-4-14-12-24-8-7-15(14)9-21(24)22(26)18-11-20(13(2)25)23-19-6-5-16(27-3)10-17(18)19/h4-6,10-11,13-15,21-22,25-26H,1,7-9,12H2,2-3H3/t13?,14-,15-,21+,22-/m0/s1. The summed E-state index contributed by atoms with van der Waals surface area (Å²) >= 11 is 0. The first kappa shape index (κ1) is 18.4. The van der Waals surface area contributed by atoms with Crippen LogP contribution in [0.15, 0.2) is 36.9 Å². The average Bonchev–Trinajstić information content (AvgIpc) is 2.71. The van der Waals surface area contributed by atoms with E-state index in [9.17, 15) is 10.2 Å². The van der Waals surface area contributed by atoms with Crippen LogP contribution in [-0.2, 0) is 0 Å². The maximum Gasteiger partial charge on any atom is 0.119 e. The highest BCUT2D eigenvalue weighted by Crippen LogP contribution is 2.42. The van der Waals surface area contributed by atoms with Gasteiger partial charge >= 0.3 is 0 Å². The van der Waals surface area contributed by atoms with E-state index in [1.54, 1.807) is 14.0 Å². The summed E-state index contributed by atoms with van der Waals surface area (Å²) in [6.45, 7) is 7.67. The fourth-order valence-corrected chi connectivity index (χ4v) is 4.75. The number of pyridine rings is 1. The lowest BCUT2D eigenvalue weighted by molar-refractivity contribution is -0.0445. The summed E-state index contributed by atoms with van der Waals surface area (Å²) in [5.41, 5.74) is 2.17. The zero-order valence-electron chi connectivity index (χ0n) is 16.0. The summed E-state index contributed by atoms with van der Waals surface area (Å²) in [4.78, 5) is 6.96. The van der Waals surface area contributed by atoms with Crippen molar-refractivity contribution in [1.29, 1.82) is 0 Å². The zero-order valence-corrected chi connectivity index (χ0v) is 16.0. The highest BCUT2D eigenvalue weighted by atomic mass is 16.5. The fourth-order valence-electron chi connectivity index (χ4n) is 4.75. The van der Waals surface area contributed by atoms with Crippen molar-refractivity contribution >= 4 is 10.9 Å². The lowest BCUT2D eigenvalue weighted by atomic mass is 9.73. The Morgan fingerprint density at radius 2 is 2.15 bits per heavy atom. The lowest BCUT2D eigenvalue weighted by Gasteiger charge is -2.50. The Bertz CT molecular complexity index is 851. The van der Waals surface area contributed by atoms with E-state index in [0.29, 0.717) is 17.5 Å². The Morgan fingerprint density at radius 3 is 2.78 bits per heavy atom. The number of nitrogens with zero attached hydrogens (tertiary/aromatic N) is 2. The predicted octanol–water partition coefficient (Wildman–Crippen LogP) is 3.23. The van der Waals surface area contributed by atoms with Gasteiger partial charge in [0.2, 0.25) is 0 Å². The molecule has 27 heavy (non-hydrogen) atoms. The Morgan fingerprint density at radius 1 is 1.33 bits per heavy atom. The molecule has 6 atom stereocenters. The number of benzene rings is 1. The van der Waals surface area contributed by atoms with Gasteiger partial charge in [-0.3, -0.25) is 9.88 Å². The minimum Gasteiger partial charge on any atom is -0.497 e. The highest BCUT2D eigenvalue weighted by molar-refractivity contribution is 5.84. The third-order valence-electron chi connectivity index (χ3n) is 6.33. The molecule has 3 saturated heterocycles. The summed E-state index contributed by atoms with van der Waals surface area (Å²) in [7, 11) is 1.64. The zero-order chi connectivity index (χ0) is 19.1. The molecule has 0 spiro atoms. The average molecular weight is 368 g/mol. The number of methoxy groups -OCH3 is 1. The largest absolute Gasteiger partial charge is 0.497 e. The van der Waals surface area contributed by atoms with Gasteiger partial charge in [0.15, 0.2) is 0 Å². The van der Waals surface area contributed by atoms with Crippen LogP contribution in [0.25, 0.3) is 10.9 Å². The second-order valence-electron chi connectivity index (χ2n) is 7.89. The number of piperidine rings is 3. The molecule has 0 aliphatic carbocycles. The van der Waals surface area contributed by atoms with Crippen LogP contribution in [0.2, 0.25) is 0 Å². The molecule has 2 N–H and O–H groups in total. The molecule has 1 aromatic carbocycles. The van der Waals surface area contributed by atoms with Gasteiger partial charge in [-0.2, -0.15) is 0 Å². The molecule has 5 rings (SSSR count). The van der Waals surface area contributed by atoms with Crippen LogP contribution in [-0.4, -0.2) is 46.3 Å². The SMILES string of the molecule is C=C[C@H]1CN2CC[C@H]1C[C@@H]2[C@@H](O)c1cc(C(C)O)nc2ccc(OC)cc12. The van der Waals surface area contributed by atoms with Crippen LogP contribution in [0.4, 0.5) is 0 Å². The van der Waals surface area contributed by atoms with E-state index >= 15 is 0 Å². The second kappa shape index (κ2) is 7.23. The molecule has 2 unspecified atom stereocenters. The van der Waals surface area contributed by atoms with Gasteiger partial charge in [-0.1, -0.05) is 6.08 Å². The Kier molecular flexibility index (Phi) is 4.93. The summed E-state index contributed by atoms with van der Waals surface area (Å²) in [5.74, 6) is 1.84. The summed E-state index contributed by atoms with van der Waals surface area (Å²) in [5, 5.41) is 22.3. The van der Waals surface area contributed by atoms with Crippen LogP contribution >= 0.6 is 0 Å². The number of aliphatic hydroxyl groups is 2. The van der Waals surface area contributed by atoms with Gasteiger partial charge in [-0.05, 0) is 68.0 Å². The molecule has 3 aliphatic heterocycles. The molecule has 3 aliphatic rings. The minimum absolute atomic E-state index is 0.0820. The third-order valence-corrected chi connectivity index (χ3v) is 6.33. The molecule has 5 nitrogen and oxygen atoms in total. The quantitative estimate of drug-likeness (QED) is 0.793. The topological polar surface area (TPSA) is 65.8 Å². The smallest absolute Gasteiger partial charge is 0.119 e. The van der Waals surface area contributed by atoms with E-state index in [1.165, 1.54) is 6.42 Å². The summed E-state index contributed by atoms with van der Waals surface area (Å²) in [6.07, 6.45) is 2.89. The Labute approximate surface area is 160 Å². The number of rotatable bonds is 5. The molecular formula is C22H28N2O3. The van der Waals surface area contributed by atoms with E-state index in [-0.39, 0.29) is 6.04 Å². The number of hydrogen-bond acceptors (Lipinski definition) is 5. The predicted molar refractivity (Wildman–Crippen MR) is 106 cm³/mol. The first-order valence-electron chi connectivity index (χ1n) is 9.73. The molecule has 0 amide bonds. The van der Waals surface area contributed by atoms with E-state index in [1.807, 2.05) is 24.3 Å². The Hall–Kier alpha value is -1.95. The van der Waals surface area contributed by atoms with Crippen molar-refractivity contribution < 1.29 is 14.9 Å². The van der Waals surface area contributed by atoms with Crippen molar-refractivity contribution in [3.63, 3.8) is 0 Å². The van der Waals surface area contributed by atoms with Gasteiger partial charge in [0.25, 0.3) is 0 Å². The van der Waals surface area contributed by atoms with Gasteiger partial charge in [0, 0.05) is 18.0 Å². The highest BCUT2D eigenvalue weighted by Gasteiger charge is 2.42. The van der Waals surface area contributed by atoms with Crippen LogP contribution < -0.4 is 4.74 Å². The van der Waals surface area contributed by atoms with Gasteiger partial charge < -0.3 is 14.9 Å². The number of aromatic nitrogens is 1. The first-order valence-corrected chi connectivity index (χ1v) is 9.73. The summed E-state index contributed by atoms with van der Waals surface area (Å²) in [6, 6.07) is 7.61. The van der Waals surface area contributed by atoms with Crippen molar-refractivity contribution in [2.75, 3.05) is 20.2 Å². The monoisotopic (exact) mass is 368 g/mol. The van der Waals surface area contributed by atoms with Crippen LogP contribution in [0, 0.1) is 11.8 Å². The molecule has 2 bridgehead atoms. The summed E-state index contributed by atoms with van der Waals surface area (Å²) < 4.78 is 5.38. The minimum atomic E-state index is -0.685. The van der Waals surface area contributed by atoms with E-state index in [0.717, 1.165) is 41.7 Å². The molecule has 5 heteroatoms. The molecule has 3 fully saturated rings. The van der Waals surface area contributed by atoms with Crippen molar-refractivity contribution in [3.8, 4) is 5.75 Å². The molecular weight excluding hydrogens is 340 g/mol. The molecule has 4 heterocycles. The Balaban J connectivity index is 1.76. The van der Waals surface area contributed by atoms with Gasteiger partial charge in [0.05, 0.1) is 30.5 Å². The van der Waals surface area contributed by atoms with Gasteiger partial charge in [-0.15, -0.1) is 6.58 Å². The van der Waals surface area contributed by atoms with E-state index < -0.39 is 12.2 Å². The normalized spacial score (nSPS) is 29.5. The third kappa shape index (κ3) is 3.24. The van der Waals surface area contributed by atoms with Crippen molar-refractivity contribution in [2.45, 2.75) is 38.0 Å². The molecule has 0 radical (unpaired) electrons.